The predicted molar refractivity (Wildman–Crippen MR) is 77.0 cm³/mol. The molecule has 3 aromatic rings. The number of nitrogens with zero attached hydrogens (tertiary/aromatic N) is 4. The molecule has 6 nitrogen and oxygen atoms in total. The molecule has 0 aliphatic carbocycles. The van der Waals surface area contributed by atoms with Crippen molar-refractivity contribution in [2.75, 3.05) is 25.6 Å². The molecule has 0 saturated heterocycles. The van der Waals surface area contributed by atoms with Gasteiger partial charge in [0.05, 0.1) is 17.6 Å². The van der Waals surface area contributed by atoms with Crippen molar-refractivity contribution in [2.24, 2.45) is 0 Å². The van der Waals surface area contributed by atoms with Crippen molar-refractivity contribution < 1.29 is 4.74 Å². The Hall–Kier alpha value is -2.47. The van der Waals surface area contributed by atoms with E-state index in [1.165, 1.54) is 0 Å². The minimum atomic E-state index is 0.581. The average molecular weight is 269 g/mol. The average Bonchev–Trinajstić information content (AvgIpc) is 2.92. The van der Waals surface area contributed by atoms with Gasteiger partial charge in [0.2, 0.25) is 5.95 Å². The van der Waals surface area contributed by atoms with Crippen LogP contribution in [0.15, 0.2) is 42.9 Å². The Morgan fingerprint density at radius 2 is 2.10 bits per heavy atom. The molecule has 0 amide bonds. The number of imidazole rings is 1. The van der Waals surface area contributed by atoms with Gasteiger partial charge in [0.1, 0.15) is 12.1 Å². The van der Waals surface area contributed by atoms with Crippen LogP contribution < -0.4 is 5.32 Å². The van der Waals surface area contributed by atoms with Gasteiger partial charge in [0.15, 0.2) is 0 Å². The molecule has 102 valence electrons. The number of fused-ring (bicyclic) bond motifs is 1. The molecular weight excluding hydrogens is 254 g/mol. The Bertz CT molecular complexity index is 709. The van der Waals surface area contributed by atoms with E-state index in [0.717, 1.165) is 16.9 Å². The maximum atomic E-state index is 4.99. The number of hydrogen-bond donors (Lipinski definition) is 1. The summed E-state index contributed by atoms with van der Waals surface area (Å²) in [7, 11) is 1.66. The minimum Gasteiger partial charge on any atom is -0.383 e. The third kappa shape index (κ3) is 2.46. The van der Waals surface area contributed by atoms with Crippen LogP contribution in [-0.2, 0) is 4.74 Å². The fourth-order valence-corrected chi connectivity index (χ4v) is 1.98. The first-order valence-corrected chi connectivity index (χ1v) is 6.37. The number of nitrogens with one attached hydrogen (secondary N) is 1. The third-order valence-corrected chi connectivity index (χ3v) is 2.93. The molecule has 2 heterocycles. The minimum absolute atomic E-state index is 0.581. The van der Waals surface area contributed by atoms with Gasteiger partial charge in [-0.15, -0.1) is 0 Å². The SMILES string of the molecule is COCCNc1nccc(-n2cnc3ccccc32)n1. The fraction of sp³-hybridized carbons (Fsp3) is 0.214. The van der Waals surface area contributed by atoms with E-state index < -0.39 is 0 Å². The lowest BCUT2D eigenvalue weighted by atomic mass is 10.3. The van der Waals surface area contributed by atoms with Gasteiger partial charge >= 0.3 is 0 Å². The van der Waals surface area contributed by atoms with Crippen LogP contribution in [0.4, 0.5) is 5.95 Å². The van der Waals surface area contributed by atoms with E-state index in [1.54, 1.807) is 19.6 Å². The second-order valence-electron chi connectivity index (χ2n) is 4.26. The van der Waals surface area contributed by atoms with E-state index in [2.05, 4.69) is 20.3 Å². The Kier molecular flexibility index (Phi) is 3.56. The molecule has 3 rings (SSSR count). The zero-order valence-electron chi connectivity index (χ0n) is 11.2. The highest BCUT2D eigenvalue weighted by Gasteiger charge is 2.06. The van der Waals surface area contributed by atoms with Crippen molar-refractivity contribution in [3.05, 3.63) is 42.9 Å². The van der Waals surface area contributed by atoms with Crippen LogP contribution in [0.2, 0.25) is 0 Å². The summed E-state index contributed by atoms with van der Waals surface area (Å²) in [6.45, 7) is 1.28. The maximum absolute atomic E-state index is 4.99. The molecule has 20 heavy (non-hydrogen) atoms. The molecule has 0 fully saturated rings. The summed E-state index contributed by atoms with van der Waals surface area (Å²) in [6, 6.07) is 9.81. The molecule has 0 aliphatic heterocycles. The normalized spacial score (nSPS) is 10.8. The van der Waals surface area contributed by atoms with Crippen molar-refractivity contribution in [1.82, 2.24) is 19.5 Å². The Morgan fingerprint density at radius 3 is 3.00 bits per heavy atom. The van der Waals surface area contributed by atoms with Crippen LogP contribution in [0.3, 0.4) is 0 Å². The number of rotatable bonds is 5. The molecule has 6 heteroatoms. The molecule has 0 saturated carbocycles. The molecule has 0 aliphatic rings. The number of para-hydroxylation sites is 2. The number of aromatic nitrogens is 4. The summed E-state index contributed by atoms with van der Waals surface area (Å²) in [6.07, 6.45) is 3.50. The number of anilines is 1. The van der Waals surface area contributed by atoms with Crippen LogP contribution in [0, 0.1) is 0 Å². The summed E-state index contributed by atoms with van der Waals surface area (Å²) in [4.78, 5) is 13.0. The van der Waals surface area contributed by atoms with Gasteiger partial charge in [0.25, 0.3) is 0 Å². The number of hydrogen-bond acceptors (Lipinski definition) is 5. The molecule has 0 radical (unpaired) electrons. The third-order valence-electron chi connectivity index (χ3n) is 2.93. The first-order chi connectivity index (χ1) is 9.88. The van der Waals surface area contributed by atoms with Crippen molar-refractivity contribution >= 4 is 17.0 Å². The summed E-state index contributed by atoms with van der Waals surface area (Å²) >= 11 is 0. The van der Waals surface area contributed by atoms with Gasteiger partial charge in [0, 0.05) is 19.9 Å². The Labute approximate surface area is 116 Å². The van der Waals surface area contributed by atoms with Crippen LogP contribution >= 0.6 is 0 Å². The smallest absolute Gasteiger partial charge is 0.224 e. The number of benzene rings is 1. The molecule has 1 aromatic carbocycles. The van der Waals surface area contributed by atoms with Gasteiger partial charge < -0.3 is 10.1 Å². The Balaban J connectivity index is 1.92. The van der Waals surface area contributed by atoms with Gasteiger partial charge in [-0.2, -0.15) is 4.98 Å². The van der Waals surface area contributed by atoms with Gasteiger partial charge in [-0.3, -0.25) is 4.57 Å². The molecule has 0 atom stereocenters. The standard InChI is InChI=1S/C14H15N5O/c1-20-9-8-16-14-15-7-6-13(18-14)19-10-17-11-4-2-3-5-12(11)19/h2-7,10H,8-9H2,1H3,(H,15,16,18). The van der Waals surface area contributed by atoms with Crippen LogP contribution in [0.25, 0.3) is 16.9 Å². The van der Waals surface area contributed by atoms with E-state index in [0.29, 0.717) is 19.1 Å². The maximum Gasteiger partial charge on any atom is 0.224 e. The molecule has 0 unspecified atom stereocenters. The summed E-state index contributed by atoms with van der Waals surface area (Å²) in [5.41, 5.74) is 1.97. The number of ether oxygens (including phenoxy) is 1. The van der Waals surface area contributed by atoms with E-state index >= 15 is 0 Å². The van der Waals surface area contributed by atoms with E-state index in [9.17, 15) is 0 Å². The zero-order valence-corrected chi connectivity index (χ0v) is 11.2. The largest absolute Gasteiger partial charge is 0.383 e. The van der Waals surface area contributed by atoms with E-state index in [-0.39, 0.29) is 0 Å². The van der Waals surface area contributed by atoms with Gasteiger partial charge in [-0.05, 0) is 18.2 Å². The summed E-state index contributed by atoms with van der Waals surface area (Å²) < 4.78 is 6.93. The van der Waals surface area contributed by atoms with E-state index in [4.69, 9.17) is 4.74 Å². The second kappa shape index (κ2) is 5.66. The second-order valence-corrected chi connectivity index (χ2v) is 4.26. The monoisotopic (exact) mass is 269 g/mol. The highest BCUT2D eigenvalue weighted by Crippen LogP contribution is 2.16. The summed E-state index contributed by atoms with van der Waals surface area (Å²) in [5.74, 6) is 1.37. The van der Waals surface area contributed by atoms with Crippen LogP contribution in [0.1, 0.15) is 0 Å². The van der Waals surface area contributed by atoms with Gasteiger partial charge in [-0.25, -0.2) is 9.97 Å². The molecule has 2 aromatic heterocycles. The van der Waals surface area contributed by atoms with Crippen molar-refractivity contribution in [3.8, 4) is 5.82 Å². The van der Waals surface area contributed by atoms with Crippen molar-refractivity contribution in [2.45, 2.75) is 0 Å². The molecule has 0 spiro atoms. The first-order valence-electron chi connectivity index (χ1n) is 6.37. The molecule has 0 bridgehead atoms. The van der Waals surface area contributed by atoms with Crippen molar-refractivity contribution in [1.29, 1.82) is 0 Å². The first kappa shape index (κ1) is 12.6. The van der Waals surface area contributed by atoms with E-state index in [1.807, 2.05) is 34.9 Å². The molecule has 1 N–H and O–H groups in total. The molecular formula is C14H15N5O. The quantitative estimate of drug-likeness (QED) is 0.716. The van der Waals surface area contributed by atoms with Crippen LogP contribution in [-0.4, -0.2) is 39.8 Å². The van der Waals surface area contributed by atoms with Crippen molar-refractivity contribution in [3.63, 3.8) is 0 Å². The topological polar surface area (TPSA) is 64.9 Å². The highest BCUT2D eigenvalue weighted by atomic mass is 16.5. The fourth-order valence-electron chi connectivity index (χ4n) is 1.98. The van der Waals surface area contributed by atoms with Crippen LogP contribution in [0.5, 0.6) is 0 Å². The lowest BCUT2D eigenvalue weighted by Crippen LogP contribution is -2.11. The number of methoxy groups -OCH3 is 1. The summed E-state index contributed by atoms with van der Waals surface area (Å²) in [5, 5.41) is 3.12. The van der Waals surface area contributed by atoms with Gasteiger partial charge in [-0.1, -0.05) is 12.1 Å². The highest BCUT2D eigenvalue weighted by molar-refractivity contribution is 5.76. The lowest BCUT2D eigenvalue weighted by molar-refractivity contribution is 0.210. The lowest BCUT2D eigenvalue weighted by Gasteiger charge is -2.07. The Morgan fingerprint density at radius 1 is 1.20 bits per heavy atom. The zero-order chi connectivity index (χ0) is 13.8. The predicted octanol–water partition coefficient (Wildman–Crippen LogP) is 1.87.